The third kappa shape index (κ3) is 3.33. The summed E-state index contributed by atoms with van der Waals surface area (Å²) in [5.74, 6) is 0.438. The molecule has 28 heavy (non-hydrogen) atoms. The van der Waals surface area contributed by atoms with E-state index in [2.05, 4.69) is 78.9 Å². The lowest BCUT2D eigenvalue weighted by molar-refractivity contribution is 0.812. The summed E-state index contributed by atoms with van der Waals surface area (Å²) in [6.07, 6.45) is 24.6. The predicted octanol–water partition coefficient (Wildman–Crippen LogP) is 7.46. The van der Waals surface area contributed by atoms with Crippen molar-refractivity contribution < 1.29 is 0 Å². The molecule has 0 saturated carbocycles. The molecule has 0 spiro atoms. The van der Waals surface area contributed by atoms with Crippen LogP contribution in [0, 0.1) is 0 Å². The molecule has 0 bridgehead atoms. The van der Waals surface area contributed by atoms with Crippen molar-refractivity contribution in [1.82, 2.24) is 0 Å². The predicted molar refractivity (Wildman–Crippen MR) is 120 cm³/mol. The number of benzene rings is 2. The van der Waals surface area contributed by atoms with Gasteiger partial charge in [-0.25, -0.2) is 0 Å². The van der Waals surface area contributed by atoms with E-state index in [0.717, 1.165) is 12.8 Å². The molecule has 0 amide bonds. The molecule has 0 heteroatoms. The summed E-state index contributed by atoms with van der Waals surface area (Å²) >= 11 is 0. The fourth-order valence-electron chi connectivity index (χ4n) is 5.05. The van der Waals surface area contributed by atoms with Gasteiger partial charge in [-0.2, -0.15) is 0 Å². The van der Waals surface area contributed by atoms with E-state index in [1.165, 1.54) is 48.8 Å². The summed E-state index contributed by atoms with van der Waals surface area (Å²) in [6.45, 7) is 0. The molecular formula is C28H28. The van der Waals surface area contributed by atoms with Crippen molar-refractivity contribution in [2.75, 3.05) is 0 Å². The molecule has 140 valence electrons. The van der Waals surface area contributed by atoms with Crippen molar-refractivity contribution in [2.45, 2.75) is 50.9 Å². The Kier molecular flexibility index (Phi) is 4.87. The lowest BCUT2D eigenvalue weighted by atomic mass is 9.85. The summed E-state index contributed by atoms with van der Waals surface area (Å²) in [6, 6.07) is 13.7. The van der Waals surface area contributed by atoms with Crippen LogP contribution in [-0.4, -0.2) is 0 Å². The maximum absolute atomic E-state index is 2.50. The zero-order chi connectivity index (χ0) is 18.8. The van der Waals surface area contributed by atoms with Gasteiger partial charge < -0.3 is 0 Å². The molecule has 3 aliphatic rings. The maximum atomic E-state index is 2.50. The third-order valence-electron chi connectivity index (χ3n) is 6.48. The van der Waals surface area contributed by atoms with Crippen LogP contribution in [0.1, 0.15) is 60.3 Å². The van der Waals surface area contributed by atoms with Crippen LogP contribution in [0.3, 0.4) is 0 Å². The number of fused-ring (bicyclic) bond motifs is 3. The Hall–Kier alpha value is -2.60. The van der Waals surface area contributed by atoms with Gasteiger partial charge in [-0.05, 0) is 78.3 Å². The average Bonchev–Trinajstić information content (AvgIpc) is 3.34. The van der Waals surface area contributed by atoms with E-state index in [1.807, 2.05) is 0 Å². The second kappa shape index (κ2) is 7.80. The summed E-state index contributed by atoms with van der Waals surface area (Å²) < 4.78 is 0. The van der Waals surface area contributed by atoms with Gasteiger partial charge in [0.1, 0.15) is 0 Å². The molecule has 0 nitrogen and oxygen atoms in total. The molecule has 3 aliphatic carbocycles. The Bertz CT molecular complexity index is 985. The molecule has 0 aromatic heterocycles. The monoisotopic (exact) mass is 364 g/mol. The molecule has 0 atom stereocenters. The van der Waals surface area contributed by atoms with Gasteiger partial charge in [0.15, 0.2) is 0 Å². The van der Waals surface area contributed by atoms with Crippen LogP contribution >= 0.6 is 0 Å². The van der Waals surface area contributed by atoms with Crippen LogP contribution < -0.4 is 0 Å². The Labute approximate surface area is 169 Å². The second-order valence-corrected chi connectivity index (χ2v) is 8.24. The average molecular weight is 365 g/mol. The van der Waals surface area contributed by atoms with Crippen LogP contribution in [-0.2, 0) is 12.8 Å². The van der Waals surface area contributed by atoms with Gasteiger partial charge in [0.2, 0.25) is 0 Å². The number of rotatable bonds is 4. The van der Waals surface area contributed by atoms with Crippen LogP contribution in [0.5, 0.6) is 0 Å². The van der Waals surface area contributed by atoms with E-state index in [1.54, 1.807) is 22.3 Å². The molecule has 0 heterocycles. The fourth-order valence-corrected chi connectivity index (χ4v) is 5.05. The van der Waals surface area contributed by atoms with Gasteiger partial charge in [-0.3, -0.25) is 0 Å². The first kappa shape index (κ1) is 17.5. The number of hydrogen-bond acceptors (Lipinski definition) is 0. The highest BCUT2D eigenvalue weighted by Gasteiger charge is 2.25. The number of aryl methyl sites for hydroxylation is 1. The standard InChI is InChI=1S/C28H28/c1-2-4-10-21(11-5-3-1)16-17-23-18-19-26-25-15-9-8-14-24(25)20-27(26)28(23)22-12-6-7-13-22/h1-2,6-9,11-15,18-19,22H,3-5,10,16-17,20H2. The second-order valence-electron chi connectivity index (χ2n) is 8.24. The molecule has 0 fully saturated rings. The van der Waals surface area contributed by atoms with E-state index in [0.29, 0.717) is 5.92 Å². The van der Waals surface area contributed by atoms with Crippen LogP contribution in [0.25, 0.3) is 11.1 Å². The van der Waals surface area contributed by atoms with E-state index < -0.39 is 0 Å². The largest absolute Gasteiger partial charge is 0.0882 e. The number of hydrogen-bond donors (Lipinski definition) is 0. The van der Waals surface area contributed by atoms with E-state index >= 15 is 0 Å². The van der Waals surface area contributed by atoms with E-state index in [9.17, 15) is 0 Å². The molecule has 0 unspecified atom stereocenters. The molecule has 0 radical (unpaired) electrons. The summed E-state index contributed by atoms with van der Waals surface area (Å²) in [7, 11) is 0. The lowest BCUT2D eigenvalue weighted by Gasteiger charge is -2.19. The molecule has 0 aliphatic heterocycles. The van der Waals surface area contributed by atoms with Gasteiger partial charge in [-0.15, -0.1) is 0 Å². The Morgan fingerprint density at radius 3 is 2.57 bits per heavy atom. The van der Waals surface area contributed by atoms with Crippen molar-refractivity contribution in [3.8, 4) is 11.1 Å². The van der Waals surface area contributed by atoms with Gasteiger partial charge in [0, 0.05) is 5.92 Å². The first-order valence-corrected chi connectivity index (χ1v) is 10.8. The van der Waals surface area contributed by atoms with Crippen molar-refractivity contribution in [1.29, 1.82) is 0 Å². The normalized spacial score (nSPS) is 17.9. The van der Waals surface area contributed by atoms with Gasteiger partial charge >= 0.3 is 0 Å². The zero-order valence-electron chi connectivity index (χ0n) is 16.5. The summed E-state index contributed by atoms with van der Waals surface area (Å²) in [4.78, 5) is 0. The van der Waals surface area contributed by atoms with Gasteiger partial charge in [0.25, 0.3) is 0 Å². The third-order valence-corrected chi connectivity index (χ3v) is 6.48. The SMILES string of the molecule is C1=CC(c2c(CCC3=CCCC=CCC3)ccc3c2Cc2ccccc2-3)C=C1. The van der Waals surface area contributed by atoms with Crippen LogP contribution in [0.4, 0.5) is 0 Å². The highest BCUT2D eigenvalue weighted by molar-refractivity contribution is 5.79. The van der Waals surface area contributed by atoms with E-state index in [-0.39, 0.29) is 0 Å². The van der Waals surface area contributed by atoms with Crippen LogP contribution in [0.15, 0.2) is 84.5 Å². The fraction of sp³-hybridized carbons (Fsp3) is 0.286. The molecule has 2 aromatic carbocycles. The highest BCUT2D eigenvalue weighted by Crippen LogP contribution is 2.43. The molecule has 5 rings (SSSR count). The first-order chi connectivity index (χ1) is 13.9. The van der Waals surface area contributed by atoms with Crippen molar-refractivity contribution >= 4 is 0 Å². The highest BCUT2D eigenvalue weighted by atomic mass is 14.3. The maximum Gasteiger partial charge on any atom is 0.0210 e. The number of allylic oxidation sites excluding steroid dienone is 8. The van der Waals surface area contributed by atoms with Gasteiger partial charge in [-0.1, -0.05) is 84.5 Å². The topological polar surface area (TPSA) is 0 Å². The Morgan fingerprint density at radius 2 is 1.64 bits per heavy atom. The van der Waals surface area contributed by atoms with Crippen molar-refractivity contribution in [3.05, 3.63) is 107 Å². The van der Waals surface area contributed by atoms with Gasteiger partial charge in [0.05, 0.1) is 0 Å². The molecular weight excluding hydrogens is 336 g/mol. The molecule has 0 saturated heterocycles. The molecule has 2 aromatic rings. The Morgan fingerprint density at radius 1 is 0.786 bits per heavy atom. The lowest BCUT2D eigenvalue weighted by Crippen LogP contribution is -2.04. The summed E-state index contributed by atoms with van der Waals surface area (Å²) in [5.41, 5.74) is 10.7. The van der Waals surface area contributed by atoms with Crippen molar-refractivity contribution in [2.24, 2.45) is 0 Å². The van der Waals surface area contributed by atoms with E-state index in [4.69, 9.17) is 0 Å². The minimum absolute atomic E-state index is 0.438. The smallest absolute Gasteiger partial charge is 0.0210 e. The minimum Gasteiger partial charge on any atom is -0.0882 e. The first-order valence-electron chi connectivity index (χ1n) is 10.8. The van der Waals surface area contributed by atoms with Crippen LogP contribution in [0.2, 0.25) is 0 Å². The Balaban J connectivity index is 1.47. The quantitative estimate of drug-likeness (QED) is 0.422. The van der Waals surface area contributed by atoms with Crippen molar-refractivity contribution in [3.63, 3.8) is 0 Å². The minimum atomic E-state index is 0.438. The molecule has 0 N–H and O–H groups in total. The summed E-state index contributed by atoms with van der Waals surface area (Å²) in [5, 5.41) is 0. The zero-order valence-corrected chi connectivity index (χ0v) is 16.5.